The Hall–Kier alpha value is -2.62. The minimum absolute atomic E-state index is 0.0737. The molecule has 4 rings (SSSR count). The molecule has 2 aromatic rings. The molecule has 2 fully saturated rings. The van der Waals surface area contributed by atoms with E-state index in [0.717, 1.165) is 5.69 Å². The van der Waals surface area contributed by atoms with Gasteiger partial charge in [-0.15, -0.1) is 11.3 Å². The molecule has 8 nitrogen and oxygen atoms in total. The number of cyclic esters (lactones) is 1. The van der Waals surface area contributed by atoms with Gasteiger partial charge in [0.05, 0.1) is 24.7 Å². The predicted octanol–water partition coefficient (Wildman–Crippen LogP) is 2.52. The maximum Gasteiger partial charge on any atom is 0.414 e. The normalized spacial score (nSPS) is 19.4. The Bertz CT molecular complexity index is 932. The van der Waals surface area contributed by atoms with Crippen LogP contribution >= 0.6 is 22.9 Å². The molecule has 0 aliphatic carbocycles. The first-order valence-electron chi connectivity index (χ1n) is 9.00. The van der Waals surface area contributed by atoms with Crippen molar-refractivity contribution in [2.24, 2.45) is 0 Å². The fourth-order valence-electron chi connectivity index (χ4n) is 3.18. The van der Waals surface area contributed by atoms with E-state index in [1.807, 2.05) is 0 Å². The van der Waals surface area contributed by atoms with Gasteiger partial charge in [-0.05, 0) is 35.7 Å². The van der Waals surface area contributed by atoms with E-state index >= 15 is 0 Å². The second kappa shape index (κ2) is 8.40. The maximum absolute atomic E-state index is 12.2. The van der Waals surface area contributed by atoms with E-state index in [1.54, 1.807) is 40.6 Å². The van der Waals surface area contributed by atoms with Gasteiger partial charge in [0.2, 0.25) is 0 Å². The van der Waals surface area contributed by atoms with Crippen LogP contribution in [0.2, 0.25) is 5.02 Å². The number of carbonyl (C=O) groups is 3. The Kier molecular flexibility index (Phi) is 5.70. The Morgan fingerprint density at radius 3 is 2.55 bits per heavy atom. The molecule has 2 aliphatic rings. The van der Waals surface area contributed by atoms with Crippen molar-refractivity contribution in [1.82, 2.24) is 5.32 Å². The van der Waals surface area contributed by atoms with Gasteiger partial charge in [-0.2, -0.15) is 0 Å². The summed E-state index contributed by atoms with van der Waals surface area (Å²) in [6.45, 7) is 1.57. The summed E-state index contributed by atoms with van der Waals surface area (Å²) in [6, 6.07) is 8.78. The number of ether oxygens (including phenoxy) is 2. The van der Waals surface area contributed by atoms with Gasteiger partial charge in [0.25, 0.3) is 11.8 Å². The van der Waals surface area contributed by atoms with E-state index in [2.05, 4.69) is 5.32 Å². The Labute approximate surface area is 175 Å². The van der Waals surface area contributed by atoms with Gasteiger partial charge in [-0.3, -0.25) is 14.5 Å². The van der Waals surface area contributed by atoms with E-state index in [0.29, 0.717) is 35.3 Å². The van der Waals surface area contributed by atoms with Crippen LogP contribution in [-0.2, 0) is 14.3 Å². The Morgan fingerprint density at radius 1 is 1.17 bits per heavy atom. The second-order valence-electron chi connectivity index (χ2n) is 6.54. The number of amides is 3. The quantitative estimate of drug-likeness (QED) is 0.779. The third kappa shape index (κ3) is 4.21. The molecule has 1 N–H and O–H groups in total. The molecule has 0 bridgehead atoms. The van der Waals surface area contributed by atoms with Crippen LogP contribution in [-0.4, -0.2) is 56.9 Å². The number of morpholine rings is 1. The number of thiophene rings is 1. The highest BCUT2D eigenvalue weighted by atomic mass is 35.5. The van der Waals surface area contributed by atoms with Crippen LogP contribution < -0.4 is 15.1 Å². The van der Waals surface area contributed by atoms with Crippen molar-refractivity contribution in [3.8, 4) is 0 Å². The molecule has 10 heteroatoms. The van der Waals surface area contributed by atoms with Crippen molar-refractivity contribution < 1.29 is 23.9 Å². The van der Waals surface area contributed by atoms with Crippen LogP contribution in [0.25, 0.3) is 0 Å². The van der Waals surface area contributed by atoms with Gasteiger partial charge in [-0.25, -0.2) is 4.79 Å². The van der Waals surface area contributed by atoms with Gasteiger partial charge in [0.15, 0.2) is 0 Å². The number of hydrogen-bond acceptors (Lipinski definition) is 6. The second-order valence-corrected chi connectivity index (χ2v) is 7.86. The number of carbonyl (C=O) groups excluding carboxylic acids is 3. The van der Waals surface area contributed by atoms with Crippen molar-refractivity contribution in [2.75, 3.05) is 42.6 Å². The standard InChI is InChI=1S/C19H18ClN3O5S/c20-15-5-8-29-17(15)18(25)21-9-14-10-23(19(26)28-14)13-3-1-12(2-4-13)22-6-7-27-11-16(22)24/h1-5,8,14H,6-7,9-11H2,(H,21,25). The van der Waals surface area contributed by atoms with E-state index in [4.69, 9.17) is 21.1 Å². The lowest BCUT2D eigenvalue weighted by molar-refractivity contribution is -0.125. The summed E-state index contributed by atoms with van der Waals surface area (Å²) < 4.78 is 10.5. The lowest BCUT2D eigenvalue weighted by Crippen LogP contribution is -2.41. The maximum atomic E-state index is 12.2. The number of halogens is 1. The van der Waals surface area contributed by atoms with Crippen molar-refractivity contribution in [3.63, 3.8) is 0 Å². The summed E-state index contributed by atoms with van der Waals surface area (Å²) in [5, 5.41) is 4.88. The molecule has 1 atom stereocenters. The molecule has 0 spiro atoms. The van der Waals surface area contributed by atoms with Gasteiger partial charge in [-0.1, -0.05) is 11.6 Å². The predicted molar refractivity (Wildman–Crippen MR) is 109 cm³/mol. The van der Waals surface area contributed by atoms with Crippen molar-refractivity contribution >= 4 is 52.2 Å². The smallest absolute Gasteiger partial charge is 0.414 e. The van der Waals surface area contributed by atoms with Gasteiger partial charge >= 0.3 is 6.09 Å². The molecule has 2 aliphatic heterocycles. The summed E-state index contributed by atoms with van der Waals surface area (Å²) >= 11 is 7.21. The minimum Gasteiger partial charge on any atom is -0.442 e. The summed E-state index contributed by atoms with van der Waals surface area (Å²) in [6.07, 6.45) is -0.945. The van der Waals surface area contributed by atoms with Crippen LogP contribution in [0.1, 0.15) is 9.67 Å². The highest BCUT2D eigenvalue weighted by Gasteiger charge is 2.33. The van der Waals surface area contributed by atoms with Gasteiger partial charge < -0.3 is 19.7 Å². The highest BCUT2D eigenvalue weighted by Crippen LogP contribution is 2.26. The highest BCUT2D eigenvalue weighted by molar-refractivity contribution is 7.12. The average Bonchev–Trinajstić information content (AvgIpc) is 3.32. The number of nitrogens with zero attached hydrogens (tertiary/aromatic N) is 2. The fraction of sp³-hybridized carbons (Fsp3) is 0.316. The van der Waals surface area contributed by atoms with Crippen LogP contribution in [0.5, 0.6) is 0 Å². The summed E-state index contributed by atoms with van der Waals surface area (Å²) in [7, 11) is 0. The number of hydrogen-bond donors (Lipinski definition) is 1. The van der Waals surface area contributed by atoms with E-state index in [1.165, 1.54) is 16.2 Å². The third-order valence-corrected chi connectivity index (χ3v) is 5.99. The third-order valence-electron chi connectivity index (χ3n) is 4.65. The zero-order chi connectivity index (χ0) is 20.4. The monoisotopic (exact) mass is 435 g/mol. The molecule has 29 heavy (non-hydrogen) atoms. The molecule has 152 valence electrons. The van der Waals surface area contributed by atoms with Crippen LogP contribution in [0, 0.1) is 0 Å². The van der Waals surface area contributed by atoms with Crippen molar-refractivity contribution in [2.45, 2.75) is 6.10 Å². The first-order valence-corrected chi connectivity index (χ1v) is 10.3. The number of nitrogens with one attached hydrogen (secondary N) is 1. The summed E-state index contributed by atoms with van der Waals surface area (Å²) in [5.74, 6) is -0.384. The van der Waals surface area contributed by atoms with Crippen LogP contribution in [0.15, 0.2) is 35.7 Å². The lowest BCUT2D eigenvalue weighted by Gasteiger charge is -2.27. The lowest BCUT2D eigenvalue weighted by atomic mass is 10.2. The Morgan fingerprint density at radius 2 is 1.90 bits per heavy atom. The molecular weight excluding hydrogens is 418 g/mol. The molecule has 2 saturated heterocycles. The minimum atomic E-state index is -0.478. The number of rotatable bonds is 5. The SMILES string of the molecule is O=C(NCC1CN(c2ccc(N3CCOCC3=O)cc2)C(=O)O1)c1sccc1Cl. The van der Waals surface area contributed by atoms with E-state index in [9.17, 15) is 14.4 Å². The van der Waals surface area contributed by atoms with Crippen LogP contribution in [0.3, 0.4) is 0 Å². The molecule has 1 aromatic carbocycles. The number of benzene rings is 1. The molecular formula is C19H18ClN3O5S. The molecule has 3 amide bonds. The van der Waals surface area contributed by atoms with Crippen molar-refractivity contribution in [1.29, 1.82) is 0 Å². The zero-order valence-electron chi connectivity index (χ0n) is 15.3. The van der Waals surface area contributed by atoms with Crippen molar-refractivity contribution in [3.05, 3.63) is 45.6 Å². The molecule has 1 aromatic heterocycles. The first-order chi connectivity index (χ1) is 14.0. The van der Waals surface area contributed by atoms with E-state index < -0.39 is 12.2 Å². The first kappa shape index (κ1) is 19.7. The summed E-state index contributed by atoms with van der Waals surface area (Å²) in [4.78, 5) is 39.9. The molecule has 3 heterocycles. The molecule has 0 radical (unpaired) electrons. The van der Waals surface area contributed by atoms with Crippen LogP contribution in [0.4, 0.5) is 16.2 Å². The fourth-order valence-corrected chi connectivity index (χ4v) is 4.24. The largest absolute Gasteiger partial charge is 0.442 e. The topological polar surface area (TPSA) is 88.2 Å². The Balaban J connectivity index is 1.36. The average molecular weight is 436 g/mol. The molecule has 0 saturated carbocycles. The molecule has 1 unspecified atom stereocenters. The van der Waals surface area contributed by atoms with E-state index in [-0.39, 0.29) is 25.0 Å². The zero-order valence-corrected chi connectivity index (χ0v) is 16.9. The summed E-state index contributed by atoms with van der Waals surface area (Å²) in [5.41, 5.74) is 1.42. The number of anilines is 2. The van der Waals surface area contributed by atoms with Gasteiger partial charge in [0, 0.05) is 17.9 Å². The van der Waals surface area contributed by atoms with Gasteiger partial charge in [0.1, 0.15) is 17.6 Å².